The minimum absolute atomic E-state index is 0.283. The molecule has 0 aliphatic rings. The van der Waals surface area contributed by atoms with Gasteiger partial charge in [-0.2, -0.15) is 0 Å². The van der Waals surface area contributed by atoms with Gasteiger partial charge in [-0.25, -0.2) is 14.4 Å². The fourth-order valence-electron chi connectivity index (χ4n) is 2.26. The van der Waals surface area contributed by atoms with E-state index in [1.807, 2.05) is 17.7 Å². The molecule has 0 fully saturated rings. The molecule has 1 aromatic carbocycles. The van der Waals surface area contributed by atoms with Crippen LogP contribution in [-0.4, -0.2) is 14.5 Å². The minimum Gasteiger partial charge on any atom is -0.299 e. The second kappa shape index (κ2) is 7.33. The molecule has 0 unspecified atom stereocenters. The Morgan fingerprint density at radius 1 is 1.24 bits per heavy atom. The third kappa shape index (κ3) is 3.96. The van der Waals surface area contributed by atoms with Crippen molar-refractivity contribution in [3.8, 4) is 17.5 Å². The molecular formula is C20H15ClFN3. The van der Waals surface area contributed by atoms with E-state index >= 15 is 0 Å². The highest BCUT2D eigenvalue weighted by molar-refractivity contribution is 6.29. The quantitative estimate of drug-likeness (QED) is 0.497. The summed E-state index contributed by atoms with van der Waals surface area (Å²) in [5.74, 6) is 6.48. The number of allylic oxidation sites excluding steroid dienone is 1. The van der Waals surface area contributed by atoms with E-state index in [-0.39, 0.29) is 5.82 Å². The predicted molar refractivity (Wildman–Crippen MR) is 98.1 cm³/mol. The normalized spacial score (nSPS) is 10.2. The number of imidazole rings is 1. The van der Waals surface area contributed by atoms with Crippen LogP contribution >= 0.6 is 11.6 Å². The largest absolute Gasteiger partial charge is 0.299 e. The second-order valence-electron chi connectivity index (χ2n) is 5.37. The van der Waals surface area contributed by atoms with Crippen LogP contribution < -0.4 is 0 Å². The van der Waals surface area contributed by atoms with Crippen molar-refractivity contribution >= 4 is 17.2 Å². The summed E-state index contributed by atoms with van der Waals surface area (Å²) in [4.78, 5) is 8.49. The van der Waals surface area contributed by atoms with Gasteiger partial charge in [0.2, 0.25) is 0 Å². The smallest absolute Gasteiger partial charge is 0.141 e. The van der Waals surface area contributed by atoms with Crippen molar-refractivity contribution in [2.75, 3.05) is 0 Å². The van der Waals surface area contributed by atoms with Crippen LogP contribution in [0.3, 0.4) is 0 Å². The molecule has 0 radical (unpaired) electrons. The second-order valence-corrected chi connectivity index (χ2v) is 5.76. The molecule has 3 aromatic rings. The van der Waals surface area contributed by atoms with Crippen LogP contribution in [0.4, 0.5) is 4.39 Å². The number of aromatic nitrogens is 3. The zero-order valence-corrected chi connectivity index (χ0v) is 14.4. The Hall–Kier alpha value is -2.90. The van der Waals surface area contributed by atoms with Crippen molar-refractivity contribution in [2.45, 2.75) is 13.3 Å². The summed E-state index contributed by atoms with van der Waals surface area (Å²) in [7, 11) is 0. The van der Waals surface area contributed by atoms with E-state index in [1.165, 1.54) is 12.1 Å². The first kappa shape index (κ1) is 16.9. The molecule has 3 nitrogen and oxygen atoms in total. The Morgan fingerprint density at radius 3 is 2.68 bits per heavy atom. The van der Waals surface area contributed by atoms with Crippen molar-refractivity contribution < 1.29 is 4.39 Å². The van der Waals surface area contributed by atoms with E-state index in [9.17, 15) is 4.39 Å². The summed E-state index contributed by atoms with van der Waals surface area (Å²) in [5, 5.41) is 0.392. The standard InChI is InChI=1S/C20H15ClFN3/c1-3-14(2)20-24-17(7-4-15-10-11-23-19(21)12-15)13-25(20)18-8-5-16(22)6-9-18/h5-6,8-13H,2-3H2,1H3. The van der Waals surface area contributed by atoms with Crippen LogP contribution in [0.5, 0.6) is 0 Å². The fraction of sp³-hybridized carbons (Fsp3) is 0.100. The zero-order valence-electron chi connectivity index (χ0n) is 13.6. The van der Waals surface area contributed by atoms with Gasteiger partial charge in [0, 0.05) is 23.6 Å². The van der Waals surface area contributed by atoms with Crippen LogP contribution in [0.2, 0.25) is 5.15 Å². The Bertz CT molecular complexity index is 978. The predicted octanol–water partition coefficient (Wildman–Crippen LogP) is 4.88. The van der Waals surface area contributed by atoms with Gasteiger partial charge in [-0.3, -0.25) is 4.57 Å². The average molecular weight is 352 g/mol. The summed E-state index contributed by atoms with van der Waals surface area (Å²) in [6.45, 7) is 6.07. The van der Waals surface area contributed by atoms with Crippen molar-refractivity contribution in [1.29, 1.82) is 0 Å². The Kier molecular flexibility index (Phi) is 4.97. The molecule has 5 heteroatoms. The zero-order chi connectivity index (χ0) is 17.8. The molecule has 2 heterocycles. The van der Waals surface area contributed by atoms with Gasteiger partial charge in [0.15, 0.2) is 0 Å². The van der Waals surface area contributed by atoms with Gasteiger partial charge in [-0.15, -0.1) is 0 Å². The topological polar surface area (TPSA) is 30.7 Å². The lowest BCUT2D eigenvalue weighted by molar-refractivity contribution is 0.627. The monoisotopic (exact) mass is 351 g/mol. The van der Waals surface area contributed by atoms with Gasteiger partial charge in [0.05, 0.1) is 0 Å². The summed E-state index contributed by atoms with van der Waals surface area (Å²) in [6.07, 6.45) is 4.18. The maximum atomic E-state index is 13.2. The molecular weight excluding hydrogens is 337 g/mol. The van der Waals surface area contributed by atoms with E-state index < -0.39 is 0 Å². The van der Waals surface area contributed by atoms with Crippen LogP contribution in [0.15, 0.2) is 55.4 Å². The van der Waals surface area contributed by atoms with E-state index in [4.69, 9.17) is 11.6 Å². The lowest BCUT2D eigenvalue weighted by Gasteiger charge is -2.08. The molecule has 3 rings (SSSR count). The van der Waals surface area contributed by atoms with Crippen LogP contribution in [0.25, 0.3) is 11.3 Å². The highest BCUT2D eigenvalue weighted by Crippen LogP contribution is 2.20. The van der Waals surface area contributed by atoms with Crippen molar-refractivity contribution in [3.63, 3.8) is 0 Å². The van der Waals surface area contributed by atoms with Gasteiger partial charge in [-0.1, -0.05) is 31.0 Å². The fourth-order valence-corrected chi connectivity index (χ4v) is 2.44. The molecule has 0 aliphatic carbocycles. The van der Waals surface area contributed by atoms with Gasteiger partial charge in [-0.05, 0) is 54.3 Å². The summed E-state index contributed by atoms with van der Waals surface area (Å²) in [5.41, 5.74) is 3.04. The van der Waals surface area contributed by atoms with Crippen molar-refractivity contribution in [1.82, 2.24) is 14.5 Å². The number of halogens is 2. The van der Waals surface area contributed by atoms with Gasteiger partial charge >= 0.3 is 0 Å². The van der Waals surface area contributed by atoms with Gasteiger partial charge in [0.25, 0.3) is 0 Å². The van der Waals surface area contributed by atoms with Gasteiger partial charge in [0.1, 0.15) is 22.5 Å². The van der Waals surface area contributed by atoms with Gasteiger partial charge < -0.3 is 0 Å². The molecule has 0 N–H and O–H groups in total. The molecule has 0 saturated heterocycles. The third-order valence-corrected chi connectivity index (χ3v) is 3.82. The summed E-state index contributed by atoms with van der Waals surface area (Å²) >= 11 is 5.87. The number of hydrogen-bond donors (Lipinski definition) is 0. The molecule has 2 aromatic heterocycles. The van der Waals surface area contributed by atoms with Crippen LogP contribution in [0.1, 0.15) is 30.4 Å². The van der Waals surface area contributed by atoms with E-state index in [0.29, 0.717) is 16.7 Å². The number of pyridine rings is 1. The van der Waals surface area contributed by atoms with E-state index in [1.54, 1.807) is 30.5 Å². The highest BCUT2D eigenvalue weighted by Gasteiger charge is 2.11. The number of rotatable bonds is 3. The first-order chi connectivity index (χ1) is 12.1. The first-order valence-corrected chi connectivity index (χ1v) is 8.11. The first-order valence-electron chi connectivity index (χ1n) is 7.74. The van der Waals surface area contributed by atoms with Crippen molar-refractivity contribution in [2.24, 2.45) is 0 Å². The molecule has 0 atom stereocenters. The van der Waals surface area contributed by atoms with E-state index in [0.717, 1.165) is 23.2 Å². The lowest BCUT2D eigenvalue weighted by atomic mass is 10.2. The Morgan fingerprint density at radius 2 is 2.00 bits per heavy atom. The molecule has 0 bridgehead atoms. The molecule has 0 spiro atoms. The average Bonchev–Trinajstić information content (AvgIpc) is 3.04. The SMILES string of the molecule is C=C(CC)c1nc(C#Cc2ccnc(Cl)c2)cn1-c1ccc(F)cc1. The molecule has 0 saturated carbocycles. The van der Waals surface area contributed by atoms with Crippen LogP contribution in [0, 0.1) is 17.7 Å². The number of nitrogens with zero attached hydrogens (tertiary/aromatic N) is 3. The van der Waals surface area contributed by atoms with E-state index in [2.05, 4.69) is 28.4 Å². The molecule has 124 valence electrons. The van der Waals surface area contributed by atoms with Crippen LogP contribution in [-0.2, 0) is 0 Å². The summed E-state index contributed by atoms with van der Waals surface area (Å²) < 4.78 is 15.1. The maximum absolute atomic E-state index is 13.2. The number of hydrogen-bond acceptors (Lipinski definition) is 2. The molecule has 0 aliphatic heterocycles. The highest BCUT2D eigenvalue weighted by atomic mass is 35.5. The Balaban J connectivity index is 2.02. The Labute approximate surface area is 150 Å². The number of benzene rings is 1. The minimum atomic E-state index is -0.283. The maximum Gasteiger partial charge on any atom is 0.141 e. The van der Waals surface area contributed by atoms with Crippen molar-refractivity contribution in [3.05, 3.63) is 83.4 Å². The third-order valence-electron chi connectivity index (χ3n) is 3.62. The molecule has 0 amide bonds. The lowest BCUT2D eigenvalue weighted by Crippen LogP contribution is -1.99. The molecule has 25 heavy (non-hydrogen) atoms. The summed E-state index contributed by atoms with van der Waals surface area (Å²) in [6, 6.07) is 9.70.